The van der Waals surface area contributed by atoms with Crippen LogP contribution in [0.15, 0.2) is 18.2 Å². The highest BCUT2D eigenvalue weighted by molar-refractivity contribution is 7.91. The van der Waals surface area contributed by atoms with Crippen molar-refractivity contribution < 1.29 is 22.7 Å². The number of amides is 1. The number of carbonyl (C=O) groups excluding carboxylic acids is 2. The summed E-state index contributed by atoms with van der Waals surface area (Å²) < 4.78 is 28.8. The number of nitrogens with zero attached hydrogens (tertiary/aromatic N) is 2. The summed E-state index contributed by atoms with van der Waals surface area (Å²) >= 11 is 5.91. The number of piperazine rings is 1. The molecule has 1 unspecified atom stereocenters. The van der Waals surface area contributed by atoms with Crippen LogP contribution in [-0.4, -0.2) is 80.2 Å². The van der Waals surface area contributed by atoms with E-state index in [1.54, 1.807) is 17.0 Å². The standard InChI is InChI=1S/C18H23ClN2O5S/c1-13(22)16-10-14(19)2-3-17(16)26-11-18(23)21-7-5-20(6-8-21)15-4-9-27(24,25)12-15/h2-3,10,15H,4-9,11-12H2,1H3. The maximum Gasteiger partial charge on any atom is 0.260 e. The number of ketones is 1. The summed E-state index contributed by atoms with van der Waals surface area (Å²) in [4.78, 5) is 28.0. The van der Waals surface area contributed by atoms with E-state index in [2.05, 4.69) is 4.90 Å². The molecule has 3 rings (SSSR count). The van der Waals surface area contributed by atoms with E-state index >= 15 is 0 Å². The Morgan fingerprint density at radius 3 is 2.52 bits per heavy atom. The third-order valence-corrected chi connectivity index (χ3v) is 7.05. The molecular formula is C18H23ClN2O5S. The Kier molecular flexibility index (Phi) is 6.08. The van der Waals surface area contributed by atoms with Gasteiger partial charge >= 0.3 is 0 Å². The number of benzene rings is 1. The maximum atomic E-state index is 12.4. The van der Waals surface area contributed by atoms with E-state index in [1.165, 1.54) is 13.0 Å². The molecule has 1 aromatic carbocycles. The average molecular weight is 415 g/mol. The number of hydrogen-bond acceptors (Lipinski definition) is 6. The Labute approximate surface area is 164 Å². The Bertz CT molecular complexity index is 834. The lowest BCUT2D eigenvalue weighted by Crippen LogP contribution is -2.53. The monoisotopic (exact) mass is 414 g/mol. The molecule has 148 valence electrons. The molecule has 2 fully saturated rings. The molecule has 27 heavy (non-hydrogen) atoms. The van der Waals surface area contributed by atoms with Crippen molar-refractivity contribution in [2.45, 2.75) is 19.4 Å². The molecule has 0 aromatic heterocycles. The molecule has 0 radical (unpaired) electrons. The van der Waals surface area contributed by atoms with Crippen molar-refractivity contribution in [3.8, 4) is 5.75 Å². The van der Waals surface area contributed by atoms with Crippen molar-refractivity contribution >= 4 is 33.1 Å². The Morgan fingerprint density at radius 1 is 1.22 bits per heavy atom. The van der Waals surface area contributed by atoms with Gasteiger partial charge in [0, 0.05) is 37.2 Å². The van der Waals surface area contributed by atoms with Crippen LogP contribution in [0.3, 0.4) is 0 Å². The molecule has 2 aliphatic heterocycles. The molecule has 1 atom stereocenters. The highest BCUT2D eigenvalue weighted by atomic mass is 35.5. The summed E-state index contributed by atoms with van der Waals surface area (Å²) in [6, 6.07) is 4.79. The molecule has 0 spiro atoms. The summed E-state index contributed by atoms with van der Waals surface area (Å²) in [6.07, 6.45) is 0.670. The molecule has 0 bridgehead atoms. The molecule has 2 heterocycles. The molecular weight excluding hydrogens is 392 g/mol. The second kappa shape index (κ2) is 8.16. The molecule has 2 saturated heterocycles. The van der Waals surface area contributed by atoms with Crippen LogP contribution in [0.1, 0.15) is 23.7 Å². The van der Waals surface area contributed by atoms with Crippen molar-refractivity contribution in [1.29, 1.82) is 0 Å². The minimum absolute atomic E-state index is 0.0655. The predicted molar refractivity (Wildman–Crippen MR) is 102 cm³/mol. The Balaban J connectivity index is 1.51. The molecule has 9 heteroatoms. The van der Waals surface area contributed by atoms with E-state index in [0.29, 0.717) is 48.9 Å². The van der Waals surface area contributed by atoms with Crippen LogP contribution < -0.4 is 4.74 Å². The number of rotatable bonds is 5. The fourth-order valence-corrected chi connectivity index (χ4v) is 5.47. The third-order valence-electron chi connectivity index (χ3n) is 5.06. The molecule has 0 N–H and O–H groups in total. The molecule has 1 amide bonds. The number of ether oxygens (including phenoxy) is 1. The summed E-state index contributed by atoms with van der Waals surface area (Å²) in [5, 5.41) is 0.434. The van der Waals surface area contributed by atoms with Gasteiger partial charge in [-0.1, -0.05) is 11.6 Å². The van der Waals surface area contributed by atoms with Crippen molar-refractivity contribution in [1.82, 2.24) is 9.80 Å². The van der Waals surface area contributed by atoms with Crippen LogP contribution in [0, 0.1) is 0 Å². The topological polar surface area (TPSA) is 84.0 Å². The highest BCUT2D eigenvalue weighted by Gasteiger charge is 2.34. The quantitative estimate of drug-likeness (QED) is 0.674. The molecule has 1 aromatic rings. The number of hydrogen-bond donors (Lipinski definition) is 0. The van der Waals surface area contributed by atoms with Gasteiger partial charge in [0.15, 0.2) is 22.2 Å². The lowest BCUT2D eigenvalue weighted by atomic mass is 10.1. The summed E-state index contributed by atoms with van der Waals surface area (Å²) in [6.45, 7) is 3.66. The normalized spacial score (nSPS) is 22.6. The highest BCUT2D eigenvalue weighted by Crippen LogP contribution is 2.24. The van der Waals surface area contributed by atoms with Gasteiger partial charge < -0.3 is 9.64 Å². The first-order chi connectivity index (χ1) is 12.7. The van der Waals surface area contributed by atoms with Gasteiger partial charge in [0.2, 0.25) is 0 Å². The summed E-state index contributed by atoms with van der Waals surface area (Å²) in [5.74, 6) is 0.479. The van der Waals surface area contributed by atoms with Gasteiger partial charge in [0.1, 0.15) is 5.75 Å². The van der Waals surface area contributed by atoms with E-state index in [9.17, 15) is 18.0 Å². The molecule has 2 aliphatic rings. The Morgan fingerprint density at radius 2 is 1.93 bits per heavy atom. The first-order valence-corrected chi connectivity index (χ1v) is 11.1. The van der Waals surface area contributed by atoms with Gasteiger partial charge in [0.05, 0.1) is 17.1 Å². The van der Waals surface area contributed by atoms with Crippen molar-refractivity contribution in [2.24, 2.45) is 0 Å². The van der Waals surface area contributed by atoms with E-state index in [0.717, 1.165) is 0 Å². The Hall–Kier alpha value is -1.64. The second-order valence-electron chi connectivity index (χ2n) is 6.96. The molecule has 0 aliphatic carbocycles. The smallest absolute Gasteiger partial charge is 0.260 e. The lowest BCUT2D eigenvalue weighted by Gasteiger charge is -2.37. The number of halogens is 1. The number of sulfone groups is 1. The lowest BCUT2D eigenvalue weighted by molar-refractivity contribution is -0.135. The van der Waals surface area contributed by atoms with Gasteiger partial charge in [-0.15, -0.1) is 0 Å². The first kappa shape index (κ1) is 20.1. The van der Waals surface area contributed by atoms with E-state index in [-0.39, 0.29) is 35.8 Å². The second-order valence-corrected chi connectivity index (χ2v) is 9.62. The van der Waals surface area contributed by atoms with Crippen molar-refractivity contribution in [3.05, 3.63) is 28.8 Å². The zero-order chi connectivity index (χ0) is 19.6. The van der Waals surface area contributed by atoms with Crippen LogP contribution in [0.25, 0.3) is 0 Å². The van der Waals surface area contributed by atoms with E-state index in [1.807, 2.05) is 0 Å². The van der Waals surface area contributed by atoms with Crippen LogP contribution in [0.4, 0.5) is 0 Å². The van der Waals surface area contributed by atoms with E-state index in [4.69, 9.17) is 16.3 Å². The van der Waals surface area contributed by atoms with Crippen LogP contribution >= 0.6 is 11.6 Å². The minimum Gasteiger partial charge on any atom is -0.483 e. The van der Waals surface area contributed by atoms with Crippen molar-refractivity contribution in [2.75, 3.05) is 44.3 Å². The summed E-state index contributed by atoms with van der Waals surface area (Å²) in [5.41, 5.74) is 0.350. The zero-order valence-electron chi connectivity index (χ0n) is 15.2. The fraction of sp³-hybridized carbons (Fsp3) is 0.556. The van der Waals surface area contributed by atoms with Crippen LogP contribution in [-0.2, 0) is 14.6 Å². The minimum atomic E-state index is -2.91. The van der Waals surface area contributed by atoms with Gasteiger partial charge in [0.25, 0.3) is 5.91 Å². The van der Waals surface area contributed by atoms with E-state index < -0.39 is 9.84 Å². The first-order valence-electron chi connectivity index (χ1n) is 8.91. The van der Waals surface area contributed by atoms with Gasteiger partial charge in [-0.3, -0.25) is 14.5 Å². The number of carbonyl (C=O) groups is 2. The third kappa shape index (κ3) is 5.00. The van der Waals surface area contributed by atoms with Gasteiger partial charge in [-0.05, 0) is 31.5 Å². The SMILES string of the molecule is CC(=O)c1cc(Cl)ccc1OCC(=O)N1CCN(C2CCS(=O)(=O)C2)CC1. The molecule has 0 saturated carbocycles. The molecule has 7 nitrogen and oxygen atoms in total. The maximum absolute atomic E-state index is 12.4. The number of Topliss-reactive ketones (excluding diaryl/α,β-unsaturated/α-hetero) is 1. The zero-order valence-corrected chi connectivity index (χ0v) is 16.8. The predicted octanol–water partition coefficient (Wildman–Crippen LogP) is 1.25. The summed E-state index contributed by atoms with van der Waals surface area (Å²) in [7, 11) is -2.91. The van der Waals surface area contributed by atoms with Crippen molar-refractivity contribution in [3.63, 3.8) is 0 Å². The fourth-order valence-electron chi connectivity index (χ4n) is 3.53. The average Bonchev–Trinajstić information content (AvgIpc) is 3.00. The van der Waals surface area contributed by atoms with Crippen LogP contribution in [0.2, 0.25) is 5.02 Å². The van der Waals surface area contributed by atoms with Crippen LogP contribution in [0.5, 0.6) is 5.75 Å². The largest absolute Gasteiger partial charge is 0.483 e. The van der Waals surface area contributed by atoms with Gasteiger partial charge in [-0.2, -0.15) is 0 Å². The van der Waals surface area contributed by atoms with Gasteiger partial charge in [-0.25, -0.2) is 8.42 Å².